The van der Waals surface area contributed by atoms with Crippen LogP contribution in [0.1, 0.15) is 34.7 Å². The Bertz CT molecular complexity index is 950. The van der Waals surface area contributed by atoms with Gasteiger partial charge in [-0.1, -0.05) is 6.07 Å². The number of rotatable bonds is 5. The Morgan fingerprint density at radius 2 is 1.93 bits per heavy atom. The third-order valence-electron chi connectivity index (χ3n) is 4.09. The standard InChI is InChI=1S/C17H12BrF3N2O4S/c18-13-7-11(9-4-5-9)8-14(28(27)17(19,20)21)15(13)22-16(24)10-2-1-3-12(6-10)23(25)26/h1-3,6-9H,4-5H2,(H,22,24). The summed E-state index contributed by atoms with van der Waals surface area (Å²) in [6.45, 7) is 0. The average Bonchev–Trinajstić information content (AvgIpc) is 3.47. The molecule has 0 radical (unpaired) electrons. The van der Waals surface area contributed by atoms with Crippen molar-refractivity contribution in [3.05, 3.63) is 62.1 Å². The number of hydrogen-bond donors (Lipinski definition) is 1. The van der Waals surface area contributed by atoms with Crippen molar-refractivity contribution >= 4 is 44.4 Å². The third-order valence-corrected chi connectivity index (χ3v) is 5.86. The molecule has 3 rings (SSSR count). The van der Waals surface area contributed by atoms with E-state index in [9.17, 15) is 32.6 Å². The molecule has 28 heavy (non-hydrogen) atoms. The molecule has 0 aliphatic heterocycles. The summed E-state index contributed by atoms with van der Waals surface area (Å²) in [6.07, 6.45) is 1.65. The molecule has 0 aromatic heterocycles. The Morgan fingerprint density at radius 1 is 1.25 bits per heavy atom. The monoisotopic (exact) mass is 476 g/mol. The van der Waals surface area contributed by atoms with Gasteiger partial charge in [-0.15, -0.1) is 13.2 Å². The number of nitrogens with zero attached hydrogens (tertiary/aromatic N) is 1. The number of nitrogens with one attached hydrogen (secondary N) is 1. The lowest BCUT2D eigenvalue weighted by atomic mass is 10.1. The van der Waals surface area contributed by atoms with E-state index in [4.69, 9.17) is 0 Å². The summed E-state index contributed by atoms with van der Waals surface area (Å²) in [6, 6.07) is 7.53. The number of nitro groups is 1. The third kappa shape index (κ3) is 4.47. The van der Waals surface area contributed by atoms with Crippen LogP contribution in [-0.2, 0) is 11.2 Å². The Hall–Kier alpha value is -2.11. The number of alkyl halides is 3. The molecule has 2 aromatic rings. The smallest absolute Gasteiger partial charge is 0.578 e. The molecular formula is C17H12BrF3N2O4S. The molecule has 0 spiro atoms. The zero-order chi connectivity index (χ0) is 20.6. The van der Waals surface area contributed by atoms with Crippen molar-refractivity contribution in [1.82, 2.24) is 0 Å². The van der Waals surface area contributed by atoms with Gasteiger partial charge in [0.15, 0.2) is 4.90 Å². The van der Waals surface area contributed by atoms with E-state index in [1.165, 1.54) is 24.3 Å². The first-order valence-corrected chi connectivity index (χ1v) is 9.90. The zero-order valence-electron chi connectivity index (χ0n) is 14.0. The van der Waals surface area contributed by atoms with Gasteiger partial charge in [-0.2, -0.15) is 0 Å². The van der Waals surface area contributed by atoms with Crippen LogP contribution in [0.25, 0.3) is 0 Å². The van der Waals surface area contributed by atoms with Gasteiger partial charge >= 0.3 is 5.51 Å². The summed E-state index contributed by atoms with van der Waals surface area (Å²) in [5.41, 5.74) is -5.14. The van der Waals surface area contributed by atoms with Gasteiger partial charge in [0, 0.05) is 22.2 Å². The molecule has 1 amide bonds. The Kier molecular flexibility index (Phi) is 5.69. The topological polar surface area (TPSA) is 95.3 Å². The second-order valence-corrected chi connectivity index (χ2v) is 8.42. The van der Waals surface area contributed by atoms with Crippen LogP contribution in [0.4, 0.5) is 24.5 Å². The molecule has 11 heteroatoms. The zero-order valence-corrected chi connectivity index (χ0v) is 16.4. The van der Waals surface area contributed by atoms with Crippen molar-refractivity contribution in [2.45, 2.75) is 29.2 Å². The highest BCUT2D eigenvalue weighted by atomic mass is 79.9. The predicted molar refractivity (Wildman–Crippen MR) is 99.6 cm³/mol. The van der Waals surface area contributed by atoms with Crippen molar-refractivity contribution in [2.24, 2.45) is 0 Å². The number of hydrogen-bond acceptors (Lipinski definition) is 4. The summed E-state index contributed by atoms with van der Waals surface area (Å²) in [4.78, 5) is 22.1. The fraction of sp³-hybridized carbons (Fsp3) is 0.235. The fourth-order valence-corrected chi connectivity index (χ4v) is 4.14. The second-order valence-electron chi connectivity index (χ2n) is 6.13. The van der Waals surface area contributed by atoms with Crippen LogP contribution in [0.15, 0.2) is 45.8 Å². The normalized spacial score (nSPS) is 15.2. The first-order chi connectivity index (χ1) is 13.1. The SMILES string of the molecule is O=C(Nc1c(Br)cc(C2CC2)cc1[S+]([O-])C(F)(F)F)c1cccc([N+](=O)[O-])c1. The van der Waals surface area contributed by atoms with Gasteiger partial charge in [-0.05, 0) is 58.5 Å². The first kappa shape index (κ1) is 20.6. The molecule has 1 saturated carbocycles. The van der Waals surface area contributed by atoms with Crippen LogP contribution in [0, 0.1) is 10.1 Å². The molecule has 6 nitrogen and oxygen atoms in total. The summed E-state index contributed by atoms with van der Waals surface area (Å²) >= 11 is -0.216. The maximum Gasteiger partial charge on any atom is 0.578 e. The fourth-order valence-electron chi connectivity index (χ4n) is 2.59. The number of carbonyl (C=O) groups is 1. The number of anilines is 1. The van der Waals surface area contributed by atoms with Crippen LogP contribution in [-0.4, -0.2) is 20.9 Å². The van der Waals surface area contributed by atoms with E-state index in [0.29, 0.717) is 5.56 Å². The van der Waals surface area contributed by atoms with Gasteiger partial charge < -0.3 is 9.87 Å². The Balaban J connectivity index is 1.99. The lowest BCUT2D eigenvalue weighted by Gasteiger charge is -2.18. The minimum Gasteiger partial charge on any atom is -0.604 e. The quantitative estimate of drug-likeness (QED) is 0.368. The van der Waals surface area contributed by atoms with Crippen molar-refractivity contribution in [3.8, 4) is 0 Å². The molecule has 1 atom stereocenters. The Labute approximate surface area is 168 Å². The number of halogens is 4. The minimum absolute atomic E-state index is 0.0989. The number of amides is 1. The molecule has 1 aliphatic carbocycles. The molecule has 2 aromatic carbocycles. The van der Waals surface area contributed by atoms with Gasteiger partial charge in [-0.3, -0.25) is 14.9 Å². The van der Waals surface area contributed by atoms with E-state index in [0.717, 1.165) is 18.9 Å². The first-order valence-electron chi connectivity index (χ1n) is 7.95. The van der Waals surface area contributed by atoms with Crippen molar-refractivity contribution in [3.63, 3.8) is 0 Å². The summed E-state index contributed by atoms with van der Waals surface area (Å²) in [7, 11) is 0. The van der Waals surface area contributed by atoms with Crippen molar-refractivity contribution in [2.75, 3.05) is 5.32 Å². The largest absolute Gasteiger partial charge is 0.604 e. The van der Waals surface area contributed by atoms with Crippen LogP contribution in [0.5, 0.6) is 0 Å². The van der Waals surface area contributed by atoms with Crippen LogP contribution >= 0.6 is 15.9 Å². The van der Waals surface area contributed by atoms with Crippen LogP contribution < -0.4 is 5.32 Å². The van der Waals surface area contributed by atoms with E-state index in [1.54, 1.807) is 6.07 Å². The Morgan fingerprint density at radius 3 is 2.50 bits per heavy atom. The van der Waals surface area contributed by atoms with E-state index in [-0.39, 0.29) is 27.3 Å². The molecule has 1 N–H and O–H groups in total. The second kappa shape index (κ2) is 7.72. The van der Waals surface area contributed by atoms with Crippen molar-refractivity contribution < 1.29 is 27.4 Å². The maximum atomic E-state index is 13.1. The minimum atomic E-state index is -5.01. The highest BCUT2D eigenvalue weighted by molar-refractivity contribution is 9.10. The molecule has 0 bridgehead atoms. The van der Waals surface area contributed by atoms with Gasteiger partial charge in [0.25, 0.3) is 11.6 Å². The number of benzene rings is 2. The summed E-state index contributed by atoms with van der Waals surface area (Å²) in [5, 5.41) is 13.1. The van der Waals surface area contributed by atoms with Gasteiger partial charge in [0.05, 0.1) is 4.92 Å². The molecule has 1 unspecified atom stereocenters. The number of non-ortho nitro benzene ring substituents is 1. The molecule has 148 valence electrons. The molecule has 1 aliphatic rings. The number of nitro benzene ring substituents is 1. The van der Waals surface area contributed by atoms with Gasteiger partial charge in [0.2, 0.25) is 0 Å². The maximum absolute atomic E-state index is 13.1. The van der Waals surface area contributed by atoms with Crippen LogP contribution in [0.2, 0.25) is 0 Å². The number of carbonyl (C=O) groups excluding carboxylic acids is 1. The predicted octanol–water partition coefficient (Wildman–Crippen LogP) is 5.11. The van der Waals surface area contributed by atoms with Gasteiger partial charge in [-0.25, -0.2) is 0 Å². The molecular weight excluding hydrogens is 465 g/mol. The van der Waals surface area contributed by atoms with Crippen LogP contribution in [0.3, 0.4) is 0 Å². The molecule has 1 fully saturated rings. The summed E-state index contributed by atoms with van der Waals surface area (Å²) in [5.74, 6) is -0.759. The summed E-state index contributed by atoms with van der Waals surface area (Å²) < 4.78 is 51.5. The van der Waals surface area contributed by atoms with E-state index < -0.39 is 32.4 Å². The average molecular weight is 477 g/mol. The van der Waals surface area contributed by atoms with E-state index in [1.807, 2.05) is 0 Å². The van der Waals surface area contributed by atoms with Crippen molar-refractivity contribution in [1.29, 1.82) is 0 Å². The molecule has 0 saturated heterocycles. The lowest BCUT2D eigenvalue weighted by molar-refractivity contribution is -0.384. The molecule has 0 heterocycles. The lowest BCUT2D eigenvalue weighted by Crippen LogP contribution is -2.25. The van der Waals surface area contributed by atoms with E-state index in [2.05, 4.69) is 21.2 Å². The van der Waals surface area contributed by atoms with E-state index >= 15 is 0 Å². The highest BCUT2D eigenvalue weighted by Gasteiger charge is 2.48. The highest BCUT2D eigenvalue weighted by Crippen LogP contribution is 2.46. The van der Waals surface area contributed by atoms with Gasteiger partial charge in [0.1, 0.15) is 16.9 Å².